The van der Waals surface area contributed by atoms with Crippen LogP contribution in [0.3, 0.4) is 0 Å². The third-order valence-electron chi connectivity index (χ3n) is 2.55. The monoisotopic (exact) mass is 331 g/mol. The van der Waals surface area contributed by atoms with Crippen LogP contribution in [-0.2, 0) is 11.2 Å². The van der Waals surface area contributed by atoms with Gasteiger partial charge in [0.25, 0.3) is 0 Å². The fourth-order valence-electron chi connectivity index (χ4n) is 1.68. The number of halogens is 1. The van der Waals surface area contributed by atoms with Crippen LogP contribution >= 0.6 is 15.9 Å². The second-order valence-electron chi connectivity index (χ2n) is 4.07. The van der Waals surface area contributed by atoms with Crippen molar-refractivity contribution >= 4 is 21.9 Å². The maximum absolute atomic E-state index is 10.7. The standard InChI is InChI=1S/C15H10BrNO3/c16-14-8-13(5-4-11(14)9-17)20-12-3-1-2-10(6-12)7-15(18)19/h1-6,8H,7H2,(H,18,19). The summed E-state index contributed by atoms with van der Waals surface area (Å²) >= 11 is 3.29. The third-order valence-corrected chi connectivity index (χ3v) is 3.21. The van der Waals surface area contributed by atoms with E-state index in [1.165, 1.54) is 0 Å². The van der Waals surface area contributed by atoms with Crippen LogP contribution in [0.1, 0.15) is 11.1 Å². The summed E-state index contributed by atoms with van der Waals surface area (Å²) in [6.45, 7) is 0. The molecule has 0 bridgehead atoms. The minimum absolute atomic E-state index is 0.0474. The first-order chi connectivity index (χ1) is 9.58. The molecule has 0 aliphatic carbocycles. The van der Waals surface area contributed by atoms with Gasteiger partial charge in [0.2, 0.25) is 0 Å². The Kier molecular flexibility index (Phi) is 4.38. The fraction of sp³-hybridized carbons (Fsp3) is 0.0667. The minimum atomic E-state index is -0.886. The van der Waals surface area contributed by atoms with Crippen LogP contribution in [0.25, 0.3) is 0 Å². The zero-order valence-electron chi connectivity index (χ0n) is 10.3. The van der Waals surface area contributed by atoms with Crippen molar-refractivity contribution in [1.82, 2.24) is 0 Å². The van der Waals surface area contributed by atoms with Crippen molar-refractivity contribution in [2.45, 2.75) is 6.42 Å². The van der Waals surface area contributed by atoms with Gasteiger partial charge in [-0.05, 0) is 51.8 Å². The number of nitriles is 1. The van der Waals surface area contributed by atoms with E-state index in [-0.39, 0.29) is 6.42 Å². The average Bonchev–Trinajstić information content (AvgIpc) is 2.38. The topological polar surface area (TPSA) is 70.3 Å². The van der Waals surface area contributed by atoms with Gasteiger partial charge in [-0.2, -0.15) is 5.26 Å². The average molecular weight is 332 g/mol. The van der Waals surface area contributed by atoms with Crippen LogP contribution in [0.2, 0.25) is 0 Å². The summed E-state index contributed by atoms with van der Waals surface area (Å²) in [6, 6.07) is 14.0. The number of carbonyl (C=O) groups is 1. The van der Waals surface area contributed by atoms with Crippen LogP contribution in [0, 0.1) is 11.3 Å². The molecule has 0 aliphatic rings. The summed E-state index contributed by atoms with van der Waals surface area (Å²) in [5.41, 5.74) is 1.19. The summed E-state index contributed by atoms with van der Waals surface area (Å²) in [4.78, 5) is 10.7. The molecule has 0 aromatic heterocycles. The Morgan fingerprint density at radius 1 is 1.25 bits per heavy atom. The van der Waals surface area contributed by atoms with Gasteiger partial charge in [0.15, 0.2) is 0 Å². The van der Waals surface area contributed by atoms with Crippen LogP contribution < -0.4 is 4.74 Å². The molecule has 0 unspecified atom stereocenters. The highest BCUT2D eigenvalue weighted by atomic mass is 79.9. The van der Waals surface area contributed by atoms with Crippen molar-refractivity contribution in [1.29, 1.82) is 5.26 Å². The van der Waals surface area contributed by atoms with Gasteiger partial charge in [-0.1, -0.05) is 12.1 Å². The van der Waals surface area contributed by atoms with Crippen LogP contribution in [0.5, 0.6) is 11.5 Å². The van der Waals surface area contributed by atoms with E-state index in [1.54, 1.807) is 42.5 Å². The zero-order chi connectivity index (χ0) is 14.5. The maximum Gasteiger partial charge on any atom is 0.307 e. The molecule has 100 valence electrons. The second kappa shape index (κ2) is 6.22. The van der Waals surface area contributed by atoms with E-state index in [9.17, 15) is 4.79 Å². The SMILES string of the molecule is N#Cc1ccc(Oc2cccc(CC(=O)O)c2)cc1Br. The number of ether oxygens (including phenoxy) is 1. The summed E-state index contributed by atoms with van der Waals surface area (Å²) in [5, 5.41) is 17.6. The van der Waals surface area contributed by atoms with Gasteiger partial charge >= 0.3 is 5.97 Å². The Labute approximate surface area is 124 Å². The molecule has 5 heteroatoms. The Morgan fingerprint density at radius 2 is 2.00 bits per heavy atom. The van der Waals surface area contributed by atoms with Crippen molar-refractivity contribution in [2.24, 2.45) is 0 Å². The first-order valence-corrected chi connectivity index (χ1v) is 6.56. The van der Waals surface area contributed by atoms with Gasteiger partial charge in [0.1, 0.15) is 17.6 Å². The molecule has 20 heavy (non-hydrogen) atoms. The number of carboxylic acids is 1. The summed E-state index contributed by atoms with van der Waals surface area (Å²) in [6.07, 6.45) is -0.0474. The second-order valence-corrected chi connectivity index (χ2v) is 4.93. The normalized spacial score (nSPS) is 9.80. The first-order valence-electron chi connectivity index (χ1n) is 5.77. The molecular formula is C15H10BrNO3. The molecule has 2 aromatic carbocycles. The number of nitrogens with zero attached hydrogens (tertiary/aromatic N) is 1. The minimum Gasteiger partial charge on any atom is -0.481 e. The van der Waals surface area contributed by atoms with Gasteiger partial charge in [-0.15, -0.1) is 0 Å². The van der Waals surface area contributed by atoms with E-state index in [4.69, 9.17) is 15.1 Å². The van der Waals surface area contributed by atoms with Crippen molar-refractivity contribution < 1.29 is 14.6 Å². The molecule has 4 nitrogen and oxygen atoms in total. The van der Waals surface area contributed by atoms with Crippen LogP contribution in [0.4, 0.5) is 0 Å². The molecule has 0 aliphatic heterocycles. The fourth-order valence-corrected chi connectivity index (χ4v) is 2.13. The lowest BCUT2D eigenvalue weighted by Crippen LogP contribution is -1.99. The molecule has 0 heterocycles. The Bertz CT molecular complexity index is 692. The van der Waals surface area contributed by atoms with Crippen molar-refractivity contribution in [3.8, 4) is 17.6 Å². The summed E-state index contributed by atoms with van der Waals surface area (Å²) < 4.78 is 6.30. The van der Waals surface area contributed by atoms with E-state index in [0.29, 0.717) is 27.1 Å². The highest BCUT2D eigenvalue weighted by molar-refractivity contribution is 9.10. The van der Waals surface area contributed by atoms with Gasteiger partial charge in [-0.25, -0.2) is 0 Å². The van der Waals surface area contributed by atoms with Crippen LogP contribution in [-0.4, -0.2) is 11.1 Å². The molecule has 0 saturated carbocycles. The molecule has 0 saturated heterocycles. The molecule has 0 fully saturated rings. The molecule has 2 aromatic rings. The number of carboxylic acid groups (broad SMARTS) is 1. The maximum atomic E-state index is 10.7. The third kappa shape index (κ3) is 3.59. The van der Waals surface area contributed by atoms with E-state index in [0.717, 1.165) is 0 Å². The lowest BCUT2D eigenvalue weighted by atomic mass is 10.1. The largest absolute Gasteiger partial charge is 0.481 e. The number of hydrogen-bond donors (Lipinski definition) is 1. The first kappa shape index (κ1) is 14.1. The quantitative estimate of drug-likeness (QED) is 0.926. The van der Waals surface area contributed by atoms with Gasteiger partial charge in [0.05, 0.1) is 12.0 Å². The highest BCUT2D eigenvalue weighted by Crippen LogP contribution is 2.27. The van der Waals surface area contributed by atoms with Crippen molar-refractivity contribution in [3.63, 3.8) is 0 Å². The van der Waals surface area contributed by atoms with Gasteiger partial charge in [-0.3, -0.25) is 4.79 Å². The molecule has 2 rings (SSSR count). The predicted molar refractivity (Wildman–Crippen MR) is 76.7 cm³/mol. The van der Waals surface area contributed by atoms with Gasteiger partial charge < -0.3 is 9.84 Å². The summed E-state index contributed by atoms with van der Waals surface area (Å²) in [7, 11) is 0. The highest BCUT2D eigenvalue weighted by Gasteiger charge is 2.05. The number of benzene rings is 2. The van der Waals surface area contributed by atoms with Crippen molar-refractivity contribution in [2.75, 3.05) is 0 Å². The number of hydrogen-bond acceptors (Lipinski definition) is 3. The Hall–Kier alpha value is -2.32. The van der Waals surface area contributed by atoms with E-state index in [1.807, 2.05) is 6.07 Å². The van der Waals surface area contributed by atoms with Crippen molar-refractivity contribution in [3.05, 3.63) is 58.1 Å². The smallest absolute Gasteiger partial charge is 0.307 e. The van der Waals surface area contributed by atoms with E-state index >= 15 is 0 Å². The molecule has 0 radical (unpaired) electrons. The predicted octanol–water partition coefficient (Wildman–Crippen LogP) is 3.74. The molecule has 1 N–H and O–H groups in total. The lowest BCUT2D eigenvalue weighted by molar-refractivity contribution is -0.136. The molecule has 0 amide bonds. The van der Waals surface area contributed by atoms with E-state index in [2.05, 4.69) is 15.9 Å². The summed E-state index contributed by atoms with van der Waals surface area (Å²) in [5.74, 6) is 0.243. The Morgan fingerprint density at radius 3 is 2.65 bits per heavy atom. The molecule has 0 atom stereocenters. The van der Waals surface area contributed by atoms with E-state index < -0.39 is 5.97 Å². The number of rotatable bonds is 4. The lowest BCUT2D eigenvalue weighted by Gasteiger charge is -2.08. The molecule has 0 spiro atoms. The van der Waals surface area contributed by atoms with Crippen LogP contribution in [0.15, 0.2) is 46.9 Å². The van der Waals surface area contributed by atoms with Gasteiger partial charge in [0, 0.05) is 4.47 Å². The Balaban J connectivity index is 2.20. The number of aliphatic carboxylic acids is 1. The molecular weight excluding hydrogens is 322 g/mol. The zero-order valence-corrected chi connectivity index (χ0v) is 11.9.